The zero-order valence-corrected chi connectivity index (χ0v) is 14.4. The molecule has 0 spiro atoms. The molecule has 0 saturated carbocycles. The number of benzene rings is 2. The minimum absolute atomic E-state index is 0.0653. The van der Waals surface area contributed by atoms with Crippen LogP contribution in [-0.2, 0) is 4.79 Å². The average molecular weight is 342 g/mol. The lowest BCUT2D eigenvalue weighted by Crippen LogP contribution is -2.34. The number of likely N-dealkylation sites (N-methyl/N-ethyl adjacent to an activating group) is 1. The van der Waals surface area contributed by atoms with E-state index in [1.165, 1.54) is 11.3 Å². The summed E-state index contributed by atoms with van der Waals surface area (Å²) in [6, 6.07) is 15.1. The molecule has 1 amide bonds. The highest BCUT2D eigenvalue weighted by molar-refractivity contribution is 7.22. The van der Waals surface area contributed by atoms with Crippen LogP contribution in [0.5, 0.6) is 11.5 Å². The van der Waals surface area contributed by atoms with Crippen molar-refractivity contribution < 1.29 is 14.3 Å². The van der Waals surface area contributed by atoms with Crippen molar-refractivity contribution in [3.05, 3.63) is 48.5 Å². The second-order valence-corrected chi connectivity index (χ2v) is 6.05. The van der Waals surface area contributed by atoms with E-state index >= 15 is 0 Å². The van der Waals surface area contributed by atoms with Crippen LogP contribution in [0.4, 0.5) is 5.13 Å². The van der Waals surface area contributed by atoms with E-state index in [9.17, 15) is 4.79 Å². The predicted molar refractivity (Wildman–Crippen MR) is 96.1 cm³/mol. The van der Waals surface area contributed by atoms with Gasteiger partial charge in [0, 0.05) is 6.54 Å². The van der Waals surface area contributed by atoms with Gasteiger partial charge in [0.1, 0.15) is 0 Å². The SMILES string of the molecule is CCN(C(=O)COc1ccccc1OC)c1nc2ccccc2s1. The summed E-state index contributed by atoms with van der Waals surface area (Å²) in [5.74, 6) is 1.02. The number of anilines is 1. The molecule has 0 aliphatic rings. The largest absolute Gasteiger partial charge is 0.493 e. The van der Waals surface area contributed by atoms with Crippen molar-refractivity contribution in [1.82, 2.24) is 4.98 Å². The number of ether oxygens (including phenoxy) is 2. The molecule has 3 rings (SSSR count). The Morgan fingerprint density at radius 1 is 1.12 bits per heavy atom. The minimum Gasteiger partial charge on any atom is -0.493 e. The second kappa shape index (κ2) is 7.31. The Hall–Kier alpha value is -2.60. The molecule has 0 atom stereocenters. The van der Waals surface area contributed by atoms with Crippen LogP contribution in [0.15, 0.2) is 48.5 Å². The summed E-state index contributed by atoms with van der Waals surface area (Å²) in [7, 11) is 1.57. The number of hydrogen-bond donors (Lipinski definition) is 0. The molecule has 0 saturated heterocycles. The summed E-state index contributed by atoms with van der Waals surface area (Å²) < 4.78 is 11.9. The van der Waals surface area contributed by atoms with Gasteiger partial charge in [0.2, 0.25) is 0 Å². The van der Waals surface area contributed by atoms with Crippen LogP contribution in [0.1, 0.15) is 6.92 Å². The quantitative estimate of drug-likeness (QED) is 0.685. The fourth-order valence-corrected chi connectivity index (χ4v) is 3.40. The zero-order chi connectivity index (χ0) is 16.9. The number of fused-ring (bicyclic) bond motifs is 1. The van der Waals surface area contributed by atoms with Crippen molar-refractivity contribution in [2.45, 2.75) is 6.92 Å². The van der Waals surface area contributed by atoms with Gasteiger partial charge in [-0.1, -0.05) is 35.6 Å². The van der Waals surface area contributed by atoms with Gasteiger partial charge in [-0.15, -0.1) is 0 Å². The maximum atomic E-state index is 12.6. The minimum atomic E-state index is -0.137. The van der Waals surface area contributed by atoms with Crippen molar-refractivity contribution in [2.75, 3.05) is 25.2 Å². The van der Waals surface area contributed by atoms with Crippen LogP contribution in [0.3, 0.4) is 0 Å². The third-order valence-electron chi connectivity index (χ3n) is 3.55. The first-order valence-electron chi connectivity index (χ1n) is 7.64. The Morgan fingerprint density at radius 3 is 2.54 bits per heavy atom. The lowest BCUT2D eigenvalue weighted by atomic mass is 10.3. The normalized spacial score (nSPS) is 10.6. The summed E-state index contributed by atoms with van der Waals surface area (Å²) >= 11 is 1.50. The Bertz CT molecular complexity index is 814. The Labute approximate surface area is 144 Å². The van der Waals surface area contributed by atoms with Crippen LogP contribution in [0.25, 0.3) is 10.2 Å². The standard InChI is InChI=1S/C18H18N2O3S/c1-3-20(18-19-13-8-4-7-11-16(13)24-18)17(21)12-23-15-10-6-5-9-14(15)22-2/h4-11H,3,12H2,1-2H3. The molecule has 5 nitrogen and oxygen atoms in total. The fourth-order valence-electron chi connectivity index (χ4n) is 2.35. The highest BCUT2D eigenvalue weighted by Gasteiger charge is 2.19. The van der Waals surface area contributed by atoms with Gasteiger partial charge in [0.15, 0.2) is 23.2 Å². The van der Waals surface area contributed by atoms with Crippen LogP contribution in [0.2, 0.25) is 0 Å². The van der Waals surface area contributed by atoms with Gasteiger partial charge in [-0.3, -0.25) is 9.69 Å². The van der Waals surface area contributed by atoms with E-state index in [1.807, 2.05) is 43.3 Å². The van der Waals surface area contributed by atoms with Crippen LogP contribution < -0.4 is 14.4 Å². The first-order chi connectivity index (χ1) is 11.7. The molecule has 1 heterocycles. The smallest absolute Gasteiger partial charge is 0.266 e. The number of methoxy groups -OCH3 is 1. The first kappa shape index (κ1) is 16.3. The monoisotopic (exact) mass is 342 g/mol. The van der Waals surface area contributed by atoms with E-state index in [2.05, 4.69) is 4.98 Å². The molecule has 6 heteroatoms. The summed E-state index contributed by atoms with van der Waals surface area (Å²) in [4.78, 5) is 18.7. The Kier molecular flexibility index (Phi) is 4.96. The number of para-hydroxylation sites is 3. The average Bonchev–Trinajstić information content (AvgIpc) is 3.04. The first-order valence-corrected chi connectivity index (χ1v) is 8.46. The molecule has 1 aromatic heterocycles. The van der Waals surface area contributed by atoms with Crippen LogP contribution in [0, 0.1) is 0 Å². The van der Waals surface area contributed by atoms with E-state index in [-0.39, 0.29) is 12.5 Å². The summed E-state index contributed by atoms with van der Waals surface area (Å²) in [5, 5.41) is 0.687. The van der Waals surface area contributed by atoms with E-state index < -0.39 is 0 Å². The lowest BCUT2D eigenvalue weighted by molar-refractivity contribution is -0.120. The van der Waals surface area contributed by atoms with Gasteiger partial charge in [0.25, 0.3) is 5.91 Å². The van der Waals surface area contributed by atoms with Crippen molar-refractivity contribution in [3.63, 3.8) is 0 Å². The van der Waals surface area contributed by atoms with Gasteiger partial charge < -0.3 is 9.47 Å². The molecule has 2 aromatic carbocycles. The van der Waals surface area contributed by atoms with Crippen molar-refractivity contribution >= 4 is 32.6 Å². The van der Waals surface area contributed by atoms with Crippen LogP contribution >= 0.6 is 11.3 Å². The topological polar surface area (TPSA) is 51.7 Å². The van der Waals surface area contributed by atoms with Crippen molar-refractivity contribution in [3.8, 4) is 11.5 Å². The number of nitrogens with zero attached hydrogens (tertiary/aromatic N) is 2. The van der Waals surface area contributed by atoms with Crippen molar-refractivity contribution in [2.24, 2.45) is 0 Å². The number of carbonyl (C=O) groups excluding carboxylic acids is 1. The Balaban J connectivity index is 1.74. The van der Waals surface area contributed by atoms with Crippen LogP contribution in [-0.4, -0.2) is 31.2 Å². The summed E-state index contributed by atoms with van der Waals surface area (Å²) in [5.41, 5.74) is 0.898. The number of rotatable bonds is 6. The van der Waals surface area contributed by atoms with E-state index in [0.29, 0.717) is 23.2 Å². The molecule has 0 aliphatic carbocycles. The number of carbonyl (C=O) groups is 1. The molecule has 0 N–H and O–H groups in total. The number of amides is 1. The highest BCUT2D eigenvalue weighted by atomic mass is 32.1. The molecule has 0 radical (unpaired) electrons. The molecule has 0 bridgehead atoms. The fraction of sp³-hybridized carbons (Fsp3) is 0.222. The molecule has 124 valence electrons. The number of thiazole rings is 1. The third kappa shape index (κ3) is 3.33. The van der Waals surface area contributed by atoms with Gasteiger partial charge in [-0.25, -0.2) is 4.98 Å². The van der Waals surface area contributed by atoms with Gasteiger partial charge in [-0.2, -0.15) is 0 Å². The zero-order valence-electron chi connectivity index (χ0n) is 13.6. The molecule has 0 unspecified atom stereocenters. The molecule has 0 fully saturated rings. The maximum absolute atomic E-state index is 12.6. The molecule has 0 aliphatic heterocycles. The molecule has 3 aromatic rings. The summed E-state index contributed by atoms with van der Waals surface area (Å²) in [6.07, 6.45) is 0. The maximum Gasteiger partial charge on any atom is 0.266 e. The second-order valence-electron chi connectivity index (χ2n) is 5.04. The predicted octanol–water partition coefficient (Wildman–Crippen LogP) is 3.74. The lowest BCUT2D eigenvalue weighted by Gasteiger charge is -2.18. The molecular weight excluding hydrogens is 324 g/mol. The van der Waals surface area contributed by atoms with Crippen molar-refractivity contribution in [1.29, 1.82) is 0 Å². The highest BCUT2D eigenvalue weighted by Crippen LogP contribution is 2.29. The van der Waals surface area contributed by atoms with Gasteiger partial charge >= 0.3 is 0 Å². The number of hydrogen-bond acceptors (Lipinski definition) is 5. The number of aromatic nitrogens is 1. The molecule has 24 heavy (non-hydrogen) atoms. The van der Waals surface area contributed by atoms with E-state index in [4.69, 9.17) is 9.47 Å². The van der Waals surface area contributed by atoms with Gasteiger partial charge in [0.05, 0.1) is 17.3 Å². The van der Waals surface area contributed by atoms with E-state index in [1.54, 1.807) is 24.1 Å². The third-order valence-corrected chi connectivity index (χ3v) is 4.61. The summed E-state index contributed by atoms with van der Waals surface area (Å²) in [6.45, 7) is 2.39. The van der Waals surface area contributed by atoms with E-state index in [0.717, 1.165) is 10.2 Å². The molecular formula is C18H18N2O3S. The Morgan fingerprint density at radius 2 is 1.83 bits per heavy atom. The van der Waals surface area contributed by atoms with Gasteiger partial charge in [-0.05, 0) is 31.2 Å².